The minimum atomic E-state index is -0.513. The van der Waals surface area contributed by atoms with Crippen LogP contribution in [0.5, 0.6) is 0 Å². The third kappa shape index (κ3) is 1.17. The van der Waals surface area contributed by atoms with E-state index in [4.69, 9.17) is 0 Å². The highest BCUT2D eigenvalue weighted by Crippen LogP contribution is 2.09. The van der Waals surface area contributed by atoms with Crippen LogP contribution in [0.25, 0.3) is 10.9 Å². The maximum Gasteiger partial charge on any atom is 0.354 e. The maximum atomic E-state index is 11.2. The Morgan fingerprint density at radius 1 is 1.57 bits per heavy atom. The first-order valence-electron chi connectivity index (χ1n) is 3.87. The van der Waals surface area contributed by atoms with Crippen molar-refractivity contribution in [2.24, 2.45) is 0 Å². The van der Waals surface area contributed by atoms with E-state index < -0.39 is 5.97 Å². The van der Waals surface area contributed by atoms with Gasteiger partial charge in [-0.1, -0.05) is 0 Å². The molecule has 0 radical (unpaired) electrons. The van der Waals surface area contributed by atoms with Gasteiger partial charge in [0.15, 0.2) is 0 Å². The van der Waals surface area contributed by atoms with Crippen LogP contribution in [0.4, 0.5) is 0 Å². The number of hydrogen-bond donors (Lipinski definition) is 2. The number of fused-ring (bicyclic) bond motifs is 1. The van der Waals surface area contributed by atoms with Crippen LogP contribution < -0.4 is 5.56 Å². The number of nitrogens with zero attached hydrogens (tertiary/aromatic N) is 1. The van der Waals surface area contributed by atoms with E-state index in [-0.39, 0.29) is 11.3 Å². The Labute approximate surface area is 77.9 Å². The summed E-state index contributed by atoms with van der Waals surface area (Å²) in [6.07, 6.45) is 1.46. The quantitative estimate of drug-likeness (QED) is 0.626. The third-order valence-electron chi connectivity index (χ3n) is 1.85. The fourth-order valence-corrected chi connectivity index (χ4v) is 1.20. The van der Waals surface area contributed by atoms with E-state index in [1.54, 1.807) is 0 Å². The van der Waals surface area contributed by atoms with Crippen molar-refractivity contribution in [2.75, 3.05) is 7.11 Å². The molecule has 6 nitrogen and oxygen atoms in total. The Bertz CT molecular complexity index is 540. The monoisotopic (exact) mass is 193 g/mol. The van der Waals surface area contributed by atoms with Gasteiger partial charge in [0.05, 0.1) is 13.3 Å². The number of hydrogen-bond acceptors (Lipinski definition) is 4. The highest BCUT2D eigenvalue weighted by molar-refractivity contribution is 5.94. The minimum absolute atomic E-state index is 0.237. The summed E-state index contributed by atoms with van der Waals surface area (Å²) >= 11 is 0. The van der Waals surface area contributed by atoms with E-state index in [9.17, 15) is 9.59 Å². The molecule has 0 aromatic carbocycles. The third-order valence-corrected chi connectivity index (χ3v) is 1.85. The second-order valence-electron chi connectivity index (χ2n) is 2.70. The van der Waals surface area contributed by atoms with Gasteiger partial charge in [0, 0.05) is 5.39 Å². The fourth-order valence-electron chi connectivity index (χ4n) is 1.20. The molecule has 2 aromatic heterocycles. The standard InChI is InChI=1S/C8H7N3O3/c1-14-8(13)5-2-4-3-9-11-7(12)6(4)10-5/h2-3,10H,1H3,(H,11,12). The van der Waals surface area contributed by atoms with Crippen LogP contribution in [0.2, 0.25) is 0 Å². The van der Waals surface area contributed by atoms with E-state index >= 15 is 0 Å². The summed E-state index contributed by atoms with van der Waals surface area (Å²) in [7, 11) is 1.27. The number of carbonyl (C=O) groups is 1. The molecule has 2 N–H and O–H groups in total. The lowest BCUT2D eigenvalue weighted by molar-refractivity contribution is 0.0595. The van der Waals surface area contributed by atoms with Crippen molar-refractivity contribution in [2.45, 2.75) is 0 Å². The van der Waals surface area contributed by atoms with Gasteiger partial charge < -0.3 is 9.72 Å². The molecule has 2 heterocycles. The predicted octanol–water partition coefficient (Wildman–Crippen LogP) is 0.0378. The van der Waals surface area contributed by atoms with Crippen LogP contribution in [-0.4, -0.2) is 28.3 Å². The molecule has 0 saturated carbocycles. The van der Waals surface area contributed by atoms with Gasteiger partial charge in [-0.25, -0.2) is 9.89 Å². The number of methoxy groups -OCH3 is 1. The van der Waals surface area contributed by atoms with Crippen LogP contribution >= 0.6 is 0 Å². The van der Waals surface area contributed by atoms with Gasteiger partial charge in [-0.2, -0.15) is 5.10 Å². The summed E-state index contributed by atoms with van der Waals surface area (Å²) in [6, 6.07) is 1.52. The fraction of sp³-hybridized carbons (Fsp3) is 0.125. The largest absolute Gasteiger partial charge is 0.464 e. The van der Waals surface area contributed by atoms with Crippen molar-refractivity contribution in [3.8, 4) is 0 Å². The summed E-state index contributed by atoms with van der Waals surface area (Å²) in [5, 5.41) is 6.43. The van der Waals surface area contributed by atoms with E-state index in [2.05, 4.69) is 19.9 Å². The van der Waals surface area contributed by atoms with Gasteiger partial charge in [0.2, 0.25) is 0 Å². The lowest BCUT2D eigenvalue weighted by Gasteiger charge is -1.91. The average molecular weight is 193 g/mol. The number of rotatable bonds is 1. The number of nitrogens with one attached hydrogen (secondary N) is 2. The Balaban J connectivity index is 2.68. The normalized spacial score (nSPS) is 10.4. The van der Waals surface area contributed by atoms with Crippen molar-refractivity contribution < 1.29 is 9.53 Å². The topological polar surface area (TPSA) is 87.8 Å². The zero-order chi connectivity index (χ0) is 10.1. The number of aromatic amines is 2. The SMILES string of the molecule is COC(=O)c1cc2cn[nH]c(=O)c2[nH]1. The minimum Gasteiger partial charge on any atom is -0.464 e. The van der Waals surface area contributed by atoms with Crippen LogP contribution in [0.1, 0.15) is 10.5 Å². The van der Waals surface area contributed by atoms with E-state index in [1.165, 1.54) is 19.4 Å². The first kappa shape index (κ1) is 8.49. The number of carbonyl (C=O) groups excluding carboxylic acids is 1. The van der Waals surface area contributed by atoms with Gasteiger partial charge in [0.25, 0.3) is 5.56 Å². The molecule has 0 aliphatic rings. The van der Waals surface area contributed by atoms with E-state index in [0.717, 1.165) is 0 Å². The number of esters is 1. The van der Waals surface area contributed by atoms with Crippen molar-refractivity contribution >= 4 is 16.9 Å². The molecule has 0 spiro atoms. The molecule has 0 aliphatic heterocycles. The summed E-state index contributed by atoms with van der Waals surface area (Å²) in [5.74, 6) is -0.513. The molecule has 0 aliphatic carbocycles. The number of H-pyrrole nitrogens is 2. The second kappa shape index (κ2) is 2.99. The molecule has 0 bridgehead atoms. The Kier molecular flexibility index (Phi) is 1.81. The first-order valence-corrected chi connectivity index (χ1v) is 3.87. The molecular formula is C8H7N3O3. The number of aromatic nitrogens is 3. The maximum absolute atomic E-state index is 11.2. The summed E-state index contributed by atoms with van der Waals surface area (Å²) in [6.45, 7) is 0. The molecule has 14 heavy (non-hydrogen) atoms. The van der Waals surface area contributed by atoms with Gasteiger partial charge in [0.1, 0.15) is 11.2 Å². The summed E-state index contributed by atoms with van der Waals surface area (Å²) in [5.41, 5.74) is 0.194. The molecule has 0 fully saturated rings. The smallest absolute Gasteiger partial charge is 0.354 e. The molecule has 0 unspecified atom stereocenters. The lowest BCUT2D eigenvalue weighted by atomic mass is 10.3. The Morgan fingerprint density at radius 2 is 2.36 bits per heavy atom. The van der Waals surface area contributed by atoms with Crippen LogP contribution in [0.3, 0.4) is 0 Å². The molecular weight excluding hydrogens is 186 g/mol. The average Bonchev–Trinajstić information content (AvgIpc) is 2.62. The molecule has 0 atom stereocenters. The Hall–Kier alpha value is -2.11. The first-order chi connectivity index (χ1) is 6.72. The predicted molar refractivity (Wildman–Crippen MR) is 48.1 cm³/mol. The number of ether oxygens (including phenoxy) is 1. The summed E-state index contributed by atoms with van der Waals surface area (Å²) in [4.78, 5) is 25.0. The van der Waals surface area contributed by atoms with Crippen LogP contribution in [-0.2, 0) is 4.74 Å². The van der Waals surface area contributed by atoms with E-state index in [1.807, 2.05) is 0 Å². The molecule has 6 heteroatoms. The van der Waals surface area contributed by atoms with Crippen molar-refractivity contribution in [3.05, 3.63) is 28.3 Å². The van der Waals surface area contributed by atoms with Crippen molar-refractivity contribution in [1.82, 2.24) is 15.2 Å². The highest BCUT2D eigenvalue weighted by Gasteiger charge is 2.10. The van der Waals surface area contributed by atoms with E-state index in [0.29, 0.717) is 10.9 Å². The van der Waals surface area contributed by atoms with Gasteiger partial charge in [-0.05, 0) is 6.07 Å². The van der Waals surface area contributed by atoms with Crippen molar-refractivity contribution in [1.29, 1.82) is 0 Å². The lowest BCUT2D eigenvalue weighted by Crippen LogP contribution is -2.07. The van der Waals surface area contributed by atoms with Crippen molar-refractivity contribution in [3.63, 3.8) is 0 Å². The Morgan fingerprint density at radius 3 is 3.00 bits per heavy atom. The molecule has 2 aromatic rings. The highest BCUT2D eigenvalue weighted by atomic mass is 16.5. The zero-order valence-corrected chi connectivity index (χ0v) is 7.33. The summed E-state index contributed by atoms with van der Waals surface area (Å²) < 4.78 is 4.50. The molecule has 0 amide bonds. The zero-order valence-electron chi connectivity index (χ0n) is 7.33. The van der Waals surface area contributed by atoms with Gasteiger partial charge in [-0.15, -0.1) is 0 Å². The van der Waals surface area contributed by atoms with Crippen LogP contribution in [0.15, 0.2) is 17.1 Å². The molecule has 72 valence electrons. The molecule has 2 rings (SSSR count). The molecule has 0 saturated heterocycles. The second-order valence-corrected chi connectivity index (χ2v) is 2.70. The van der Waals surface area contributed by atoms with Crippen LogP contribution in [0, 0.1) is 0 Å². The van der Waals surface area contributed by atoms with Gasteiger partial charge in [-0.3, -0.25) is 4.79 Å². The van der Waals surface area contributed by atoms with Gasteiger partial charge >= 0.3 is 5.97 Å².